The number of aliphatic hydroxyl groups excluding tert-OH is 1. The van der Waals surface area contributed by atoms with Crippen LogP contribution in [0.2, 0.25) is 0 Å². The lowest BCUT2D eigenvalue weighted by molar-refractivity contribution is 0.0504. The third kappa shape index (κ3) is 5.15. The van der Waals surface area contributed by atoms with Crippen LogP contribution in [0, 0.1) is 0 Å². The second-order valence-electron chi connectivity index (χ2n) is 3.19. The maximum Gasteiger partial charge on any atom is 0.0957 e. The fourth-order valence-corrected chi connectivity index (χ4v) is 1.13. The Hall–Kier alpha value is -1.38. The minimum atomic E-state index is -0.563. The van der Waals surface area contributed by atoms with Crippen LogP contribution in [0.1, 0.15) is 5.56 Å². The summed E-state index contributed by atoms with van der Waals surface area (Å²) in [6, 6.07) is 9.88. The van der Waals surface area contributed by atoms with E-state index in [1.165, 1.54) is 0 Å². The van der Waals surface area contributed by atoms with Crippen LogP contribution in [0.25, 0.3) is 0 Å². The van der Waals surface area contributed by atoms with Gasteiger partial charge in [-0.3, -0.25) is 0 Å². The van der Waals surface area contributed by atoms with Gasteiger partial charge in [-0.1, -0.05) is 55.1 Å². The standard InChI is InChI=1S/C13H16O2/c1-2-3-9-13(14)11-15-10-12-7-5-4-6-8-12/h2-9,13-14H,1,10-11H2/b9-3+/t13-/m0/s1. The average molecular weight is 204 g/mol. The molecule has 0 radical (unpaired) electrons. The molecule has 0 heterocycles. The fourth-order valence-electron chi connectivity index (χ4n) is 1.13. The molecule has 0 fully saturated rings. The Labute approximate surface area is 90.5 Å². The molecule has 0 bridgehead atoms. The van der Waals surface area contributed by atoms with Gasteiger partial charge in [0.1, 0.15) is 0 Å². The predicted octanol–water partition coefficient (Wildman–Crippen LogP) is 2.31. The van der Waals surface area contributed by atoms with Gasteiger partial charge in [0.2, 0.25) is 0 Å². The van der Waals surface area contributed by atoms with E-state index in [4.69, 9.17) is 4.74 Å². The zero-order valence-electron chi connectivity index (χ0n) is 8.67. The molecule has 0 aliphatic carbocycles. The quantitative estimate of drug-likeness (QED) is 0.720. The molecule has 0 saturated heterocycles. The number of hydrogen-bond acceptors (Lipinski definition) is 2. The number of allylic oxidation sites excluding steroid dienone is 2. The summed E-state index contributed by atoms with van der Waals surface area (Å²) >= 11 is 0. The van der Waals surface area contributed by atoms with E-state index in [9.17, 15) is 5.11 Å². The third-order valence-electron chi connectivity index (χ3n) is 1.87. The van der Waals surface area contributed by atoms with E-state index in [0.29, 0.717) is 13.2 Å². The SMILES string of the molecule is C=C/C=C/[C@H](O)COCc1ccccc1. The highest BCUT2D eigenvalue weighted by Gasteiger charge is 1.98. The van der Waals surface area contributed by atoms with E-state index in [-0.39, 0.29) is 0 Å². The van der Waals surface area contributed by atoms with Crippen molar-refractivity contribution < 1.29 is 9.84 Å². The van der Waals surface area contributed by atoms with Crippen molar-refractivity contribution in [2.45, 2.75) is 12.7 Å². The van der Waals surface area contributed by atoms with Gasteiger partial charge in [0, 0.05) is 0 Å². The normalized spacial score (nSPS) is 12.9. The molecule has 80 valence electrons. The Morgan fingerprint density at radius 3 is 2.73 bits per heavy atom. The van der Waals surface area contributed by atoms with E-state index in [0.717, 1.165) is 5.56 Å². The molecule has 0 spiro atoms. The Morgan fingerprint density at radius 1 is 1.33 bits per heavy atom. The van der Waals surface area contributed by atoms with Crippen LogP contribution in [0.15, 0.2) is 55.1 Å². The Balaban J connectivity index is 2.22. The van der Waals surface area contributed by atoms with Gasteiger partial charge in [-0.25, -0.2) is 0 Å². The van der Waals surface area contributed by atoms with Crippen LogP contribution < -0.4 is 0 Å². The first-order valence-electron chi connectivity index (χ1n) is 4.92. The van der Waals surface area contributed by atoms with Crippen molar-refractivity contribution in [1.82, 2.24) is 0 Å². The first kappa shape index (κ1) is 11.7. The van der Waals surface area contributed by atoms with Crippen molar-refractivity contribution in [3.8, 4) is 0 Å². The summed E-state index contributed by atoms with van der Waals surface area (Å²) in [4.78, 5) is 0. The van der Waals surface area contributed by atoms with Crippen LogP contribution in [0.5, 0.6) is 0 Å². The lowest BCUT2D eigenvalue weighted by Crippen LogP contribution is -2.11. The van der Waals surface area contributed by atoms with Crippen LogP contribution >= 0.6 is 0 Å². The maximum absolute atomic E-state index is 9.40. The Kier molecular flexibility index (Phi) is 5.44. The zero-order valence-corrected chi connectivity index (χ0v) is 8.67. The molecule has 1 aromatic carbocycles. The Bertz CT molecular complexity index is 304. The van der Waals surface area contributed by atoms with Gasteiger partial charge in [-0.2, -0.15) is 0 Å². The molecule has 1 atom stereocenters. The van der Waals surface area contributed by atoms with Crippen molar-refractivity contribution >= 4 is 0 Å². The zero-order chi connectivity index (χ0) is 10.9. The molecule has 1 N–H and O–H groups in total. The summed E-state index contributed by atoms with van der Waals surface area (Å²) in [5.74, 6) is 0. The van der Waals surface area contributed by atoms with Gasteiger partial charge in [0.15, 0.2) is 0 Å². The molecule has 1 aromatic rings. The molecule has 0 aliphatic rings. The lowest BCUT2D eigenvalue weighted by atomic mass is 10.2. The molecule has 0 aliphatic heterocycles. The van der Waals surface area contributed by atoms with Gasteiger partial charge in [-0.05, 0) is 5.56 Å². The van der Waals surface area contributed by atoms with Crippen molar-refractivity contribution in [1.29, 1.82) is 0 Å². The smallest absolute Gasteiger partial charge is 0.0957 e. The summed E-state index contributed by atoms with van der Waals surface area (Å²) in [7, 11) is 0. The predicted molar refractivity (Wildman–Crippen MR) is 61.4 cm³/mol. The monoisotopic (exact) mass is 204 g/mol. The molecule has 0 amide bonds. The first-order chi connectivity index (χ1) is 7.33. The minimum Gasteiger partial charge on any atom is -0.387 e. The van der Waals surface area contributed by atoms with E-state index in [2.05, 4.69) is 6.58 Å². The lowest BCUT2D eigenvalue weighted by Gasteiger charge is -2.06. The topological polar surface area (TPSA) is 29.5 Å². The summed E-state index contributed by atoms with van der Waals surface area (Å²) in [6.45, 7) is 4.35. The summed E-state index contributed by atoms with van der Waals surface area (Å²) in [5, 5.41) is 9.40. The van der Waals surface area contributed by atoms with Crippen LogP contribution in [-0.4, -0.2) is 17.8 Å². The highest BCUT2D eigenvalue weighted by Crippen LogP contribution is 2.01. The minimum absolute atomic E-state index is 0.305. The maximum atomic E-state index is 9.40. The Morgan fingerprint density at radius 2 is 2.07 bits per heavy atom. The number of benzene rings is 1. The number of ether oxygens (including phenoxy) is 1. The molecule has 2 nitrogen and oxygen atoms in total. The van der Waals surface area contributed by atoms with E-state index < -0.39 is 6.10 Å². The molecular formula is C13H16O2. The molecular weight excluding hydrogens is 188 g/mol. The molecule has 2 heteroatoms. The first-order valence-corrected chi connectivity index (χ1v) is 4.92. The van der Waals surface area contributed by atoms with Crippen molar-refractivity contribution in [2.75, 3.05) is 6.61 Å². The second kappa shape index (κ2) is 6.98. The number of hydrogen-bond donors (Lipinski definition) is 1. The molecule has 0 unspecified atom stereocenters. The summed E-state index contributed by atoms with van der Waals surface area (Å²) < 4.78 is 5.34. The molecule has 0 aromatic heterocycles. The van der Waals surface area contributed by atoms with Crippen molar-refractivity contribution in [3.05, 3.63) is 60.7 Å². The highest BCUT2D eigenvalue weighted by molar-refractivity contribution is 5.13. The summed E-state index contributed by atoms with van der Waals surface area (Å²) in [5.41, 5.74) is 1.11. The largest absolute Gasteiger partial charge is 0.387 e. The van der Waals surface area contributed by atoms with E-state index >= 15 is 0 Å². The molecule has 15 heavy (non-hydrogen) atoms. The van der Waals surface area contributed by atoms with Gasteiger partial charge >= 0.3 is 0 Å². The highest BCUT2D eigenvalue weighted by atomic mass is 16.5. The van der Waals surface area contributed by atoms with E-state index in [1.54, 1.807) is 18.2 Å². The second-order valence-corrected chi connectivity index (χ2v) is 3.19. The number of rotatable bonds is 6. The van der Waals surface area contributed by atoms with Gasteiger partial charge < -0.3 is 9.84 Å². The van der Waals surface area contributed by atoms with Gasteiger partial charge in [0.25, 0.3) is 0 Å². The number of aliphatic hydroxyl groups is 1. The van der Waals surface area contributed by atoms with Crippen LogP contribution in [0.4, 0.5) is 0 Å². The fraction of sp³-hybridized carbons (Fsp3) is 0.231. The van der Waals surface area contributed by atoms with E-state index in [1.807, 2.05) is 30.3 Å². The van der Waals surface area contributed by atoms with Gasteiger partial charge in [0.05, 0.1) is 19.3 Å². The van der Waals surface area contributed by atoms with Crippen molar-refractivity contribution in [2.24, 2.45) is 0 Å². The average Bonchev–Trinajstić information content (AvgIpc) is 2.28. The third-order valence-corrected chi connectivity index (χ3v) is 1.87. The molecule has 1 rings (SSSR count). The molecule has 0 saturated carbocycles. The van der Waals surface area contributed by atoms with Crippen LogP contribution in [0.3, 0.4) is 0 Å². The van der Waals surface area contributed by atoms with Crippen molar-refractivity contribution in [3.63, 3.8) is 0 Å². The summed E-state index contributed by atoms with van der Waals surface area (Å²) in [6.07, 6.45) is 4.42. The van der Waals surface area contributed by atoms with Crippen LogP contribution in [-0.2, 0) is 11.3 Å². The van der Waals surface area contributed by atoms with Gasteiger partial charge in [-0.15, -0.1) is 0 Å².